The molecule has 0 radical (unpaired) electrons. The number of ketones is 1. The number of aromatic nitrogens is 3. The molecule has 0 aliphatic heterocycles. The molecular formula is C19H19N3O2S. The van der Waals surface area contributed by atoms with E-state index in [1.54, 1.807) is 31.1 Å². The van der Waals surface area contributed by atoms with Crippen molar-refractivity contribution in [1.29, 1.82) is 0 Å². The Bertz CT molecular complexity index is 876. The highest BCUT2D eigenvalue weighted by atomic mass is 32.2. The minimum Gasteiger partial charge on any atom is -0.492 e. The quantitative estimate of drug-likeness (QED) is 0.366. The zero-order valence-corrected chi connectivity index (χ0v) is 15.0. The van der Waals surface area contributed by atoms with Crippen LogP contribution in [0.3, 0.4) is 0 Å². The normalized spacial score (nSPS) is 10.6. The molecule has 25 heavy (non-hydrogen) atoms. The van der Waals surface area contributed by atoms with E-state index >= 15 is 0 Å². The lowest BCUT2D eigenvalue weighted by molar-refractivity contribution is 0.101. The molecule has 128 valence electrons. The van der Waals surface area contributed by atoms with Gasteiger partial charge in [0, 0.05) is 5.75 Å². The molecule has 6 heteroatoms. The number of carbonyl (C=O) groups excluding carboxylic acids is 1. The molecule has 2 aromatic carbocycles. The molecule has 0 aliphatic rings. The first-order chi connectivity index (χ1) is 12.2. The number of benzene rings is 2. The third-order valence-corrected chi connectivity index (χ3v) is 4.64. The molecule has 0 bridgehead atoms. The van der Waals surface area contributed by atoms with E-state index in [2.05, 4.69) is 23.2 Å². The van der Waals surface area contributed by atoms with Crippen LogP contribution in [0.2, 0.25) is 0 Å². The molecular weight excluding hydrogens is 334 g/mol. The summed E-state index contributed by atoms with van der Waals surface area (Å²) in [5.74, 6) is 1.33. The molecule has 0 atom stereocenters. The summed E-state index contributed by atoms with van der Waals surface area (Å²) < 4.78 is 7.74. The van der Waals surface area contributed by atoms with Crippen molar-refractivity contribution in [2.24, 2.45) is 0 Å². The first-order valence-electron chi connectivity index (χ1n) is 7.98. The summed E-state index contributed by atoms with van der Waals surface area (Å²) in [5.41, 5.74) is 2.84. The molecule has 5 nitrogen and oxygen atoms in total. The Morgan fingerprint density at radius 1 is 1.16 bits per heavy atom. The van der Waals surface area contributed by atoms with E-state index in [4.69, 9.17) is 4.74 Å². The van der Waals surface area contributed by atoms with Crippen molar-refractivity contribution in [3.8, 4) is 11.4 Å². The number of thioether (sulfide) groups is 1. The number of Topliss-reactive ketones (excluding diaryl/α,β-unsaturated/α-hetero) is 1. The zero-order chi connectivity index (χ0) is 17.6. The SMILES string of the molecule is CC(=O)c1ccccc1OCCSc1nncn1-c1ccccc1C. The van der Waals surface area contributed by atoms with Crippen LogP contribution in [0.4, 0.5) is 0 Å². The molecule has 3 aromatic rings. The van der Waals surface area contributed by atoms with E-state index in [1.165, 1.54) is 0 Å². The molecule has 1 aromatic heterocycles. The third-order valence-electron chi connectivity index (χ3n) is 3.73. The molecule has 0 spiro atoms. The monoisotopic (exact) mass is 353 g/mol. The maximum Gasteiger partial charge on any atom is 0.195 e. The molecule has 0 saturated heterocycles. The van der Waals surface area contributed by atoms with Gasteiger partial charge >= 0.3 is 0 Å². The summed E-state index contributed by atoms with van der Waals surface area (Å²) in [6.45, 7) is 4.09. The summed E-state index contributed by atoms with van der Waals surface area (Å²) in [6, 6.07) is 15.4. The van der Waals surface area contributed by atoms with Gasteiger partial charge in [0.05, 0.1) is 17.9 Å². The molecule has 0 aliphatic carbocycles. The van der Waals surface area contributed by atoms with Crippen LogP contribution in [0.15, 0.2) is 60.0 Å². The van der Waals surface area contributed by atoms with Crippen LogP contribution in [0.5, 0.6) is 5.75 Å². The van der Waals surface area contributed by atoms with E-state index in [0.717, 1.165) is 16.4 Å². The van der Waals surface area contributed by atoms with Crippen LogP contribution in [-0.4, -0.2) is 32.9 Å². The molecule has 0 unspecified atom stereocenters. The van der Waals surface area contributed by atoms with Crippen molar-refractivity contribution < 1.29 is 9.53 Å². The van der Waals surface area contributed by atoms with Crippen LogP contribution in [-0.2, 0) is 0 Å². The van der Waals surface area contributed by atoms with Gasteiger partial charge in [-0.2, -0.15) is 0 Å². The highest BCUT2D eigenvalue weighted by molar-refractivity contribution is 7.99. The Morgan fingerprint density at radius 3 is 2.72 bits per heavy atom. The van der Waals surface area contributed by atoms with Gasteiger partial charge in [-0.3, -0.25) is 9.36 Å². The number of nitrogens with zero attached hydrogens (tertiary/aromatic N) is 3. The molecule has 0 fully saturated rings. The van der Waals surface area contributed by atoms with Gasteiger partial charge in [0.2, 0.25) is 0 Å². The second-order valence-electron chi connectivity index (χ2n) is 5.52. The fourth-order valence-electron chi connectivity index (χ4n) is 2.49. The van der Waals surface area contributed by atoms with Gasteiger partial charge in [0.25, 0.3) is 0 Å². The first-order valence-corrected chi connectivity index (χ1v) is 8.97. The lowest BCUT2D eigenvalue weighted by atomic mass is 10.1. The number of rotatable bonds is 7. The molecule has 0 amide bonds. The summed E-state index contributed by atoms with van der Waals surface area (Å²) in [6.07, 6.45) is 1.72. The van der Waals surface area contributed by atoms with Gasteiger partial charge in [-0.1, -0.05) is 42.1 Å². The maximum atomic E-state index is 11.6. The number of hydrogen-bond acceptors (Lipinski definition) is 5. The summed E-state index contributed by atoms with van der Waals surface area (Å²) in [7, 11) is 0. The summed E-state index contributed by atoms with van der Waals surface area (Å²) in [5, 5.41) is 9.03. The number of para-hydroxylation sites is 2. The van der Waals surface area contributed by atoms with Crippen molar-refractivity contribution in [1.82, 2.24) is 14.8 Å². The Labute approximate surface area is 151 Å². The average Bonchev–Trinajstić information content (AvgIpc) is 3.07. The van der Waals surface area contributed by atoms with Crippen molar-refractivity contribution in [2.45, 2.75) is 19.0 Å². The summed E-state index contributed by atoms with van der Waals surface area (Å²) in [4.78, 5) is 11.6. The number of ether oxygens (including phenoxy) is 1. The van der Waals surface area contributed by atoms with Crippen LogP contribution >= 0.6 is 11.8 Å². The largest absolute Gasteiger partial charge is 0.492 e. The fourth-order valence-corrected chi connectivity index (χ4v) is 3.23. The molecule has 0 saturated carbocycles. The van der Waals surface area contributed by atoms with Crippen LogP contribution in [0.1, 0.15) is 22.8 Å². The fraction of sp³-hybridized carbons (Fsp3) is 0.211. The van der Waals surface area contributed by atoms with Gasteiger partial charge in [-0.25, -0.2) is 0 Å². The van der Waals surface area contributed by atoms with Crippen LogP contribution < -0.4 is 4.74 Å². The Kier molecular flexibility index (Phi) is 5.50. The Morgan fingerprint density at radius 2 is 1.92 bits per heavy atom. The van der Waals surface area contributed by atoms with E-state index in [0.29, 0.717) is 23.7 Å². The highest BCUT2D eigenvalue weighted by Gasteiger charge is 2.10. The molecule has 0 N–H and O–H groups in total. The van der Waals surface area contributed by atoms with Crippen LogP contribution in [0.25, 0.3) is 5.69 Å². The van der Waals surface area contributed by atoms with E-state index in [1.807, 2.05) is 41.0 Å². The highest BCUT2D eigenvalue weighted by Crippen LogP contribution is 2.23. The standard InChI is InChI=1S/C19H19N3O2S/c1-14-7-3-5-9-17(14)22-13-20-21-19(22)25-12-11-24-18-10-6-4-8-16(18)15(2)23/h3-10,13H,11-12H2,1-2H3. The first kappa shape index (κ1) is 17.2. The van der Waals surface area contributed by atoms with E-state index in [-0.39, 0.29) is 5.78 Å². The molecule has 1 heterocycles. The van der Waals surface area contributed by atoms with Crippen molar-refractivity contribution in [3.05, 3.63) is 66.0 Å². The average molecular weight is 353 g/mol. The minimum atomic E-state index is 0.00236. The van der Waals surface area contributed by atoms with Crippen LogP contribution in [0, 0.1) is 6.92 Å². The number of carbonyl (C=O) groups is 1. The smallest absolute Gasteiger partial charge is 0.195 e. The van der Waals surface area contributed by atoms with E-state index < -0.39 is 0 Å². The van der Waals surface area contributed by atoms with Gasteiger partial charge in [-0.15, -0.1) is 10.2 Å². The predicted molar refractivity (Wildman–Crippen MR) is 98.8 cm³/mol. The number of aryl methyl sites for hydroxylation is 1. The Balaban J connectivity index is 1.62. The van der Waals surface area contributed by atoms with Gasteiger partial charge < -0.3 is 4.74 Å². The van der Waals surface area contributed by atoms with Gasteiger partial charge in [0.1, 0.15) is 12.1 Å². The minimum absolute atomic E-state index is 0.00236. The zero-order valence-electron chi connectivity index (χ0n) is 14.2. The predicted octanol–water partition coefficient (Wildman–Crippen LogP) is 3.95. The topological polar surface area (TPSA) is 57.0 Å². The van der Waals surface area contributed by atoms with Crippen molar-refractivity contribution in [3.63, 3.8) is 0 Å². The Hall–Kier alpha value is -2.60. The maximum absolute atomic E-state index is 11.6. The summed E-state index contributed by atoms with van der Waals surface area (Å²) >= 11 is 1.57. The lowest BCUT2D eigenvalue weighted by Gasteiger charge is -2.10. The molecule has 3 rings (SSSR count). The van der Waals surface area contributed by atoms with E-state index in [9.17, 15) is 4.79 Å². The second kappa shape index (κ2) is 7.98. The van der Waals surface area contributed by atoms with Gasteiger partial charge in [0.15, 0.2) is 10.9 Å². The van der Waals surface area contributed by atoms with Crippen molar-refractivity contribution in [2.75, 3.05) is 12.4 Å². The second-order valence-corrected chi connectivity index (χ2v) is 6.58. The van der Waals surface area contributed by atoms with Gasteiger partial charge in [-0.05, 0) is 37.6 Å². The van der Waals surface area contributed by atoms with Crippen molar-refractivity contribution >= 4 is 17.5 Å². The number of hydrogen-bond donors (Lipinski definition) is 0. The third kappa shape index (κ3) is 4.09. The lowest BCUT2D eigenvalue weighted by Crippen LogP contribution is -2.05.